The van der Waals surface area contributed by atoms with Crippen LogP contribution in [-0.4, -0.2) is 30.9 Å². The van der Waals surface area contributed by atoms with Crippen molar-refractivity contribution >= 4 is 55.7 Å². The molecule has 1 unspecified atom stereocenters. The highest BCUT2D eigenvalue weighted by Crippen LogP contribution is 2.39. The lowest BCUT2D eigenvalue weighted by Crippen LogP contribution is -2.30. The lowest BCUT2D eigenvalue weighted by molar-refractivity contribution is -0.142. The molecule has 43 heavy (non-hydrogen) atoms. The van der Waals surface area contributed by atoms with E-state index in [0.717, 1.165) is 62.4 Å². The van der Waals surface area contributed by atoms with E-state index >= 15 is 0 Å². The molecule has 1 aromatic heterocycles. The highest BCUT2D eigenvalue weighted by atomic mass is 32.1. The maximum atomic E-state index is 13.5. The fourth-order valence-electron chi connectivity index (χ4n) is 5.94. The Hall–Kier alpha value is -4.49. The van der Waals surface area contributed by atoms with Crippen LogP contribution in [0.15, 0.2) is 84.9 Å². The highest BCUT2D eigenvalue weighted by Gasteiger charge is 2.28. The van der Waals surface area contributed by atoms with Crippen LogP contribution in [-0.2, 0) is 40.0 Å². The zero-order valence-electron chi connectivity index (χ0n) is 24.2. The molecule has 1 aliphatic carbocycles. The summed E-state index contributed by atoms with van der Waals surface area (Å²) in [5, 5.41) is 10.8. The predicted molar refractivity (Wildman–Crippen MR) is 173 cm³/mol. The molecule has 7 heteroatoms. The van der Waals surface area contributed by atoms with Crippen molar-refractivity contribution in [3.8, 4) is 0 Å². The minimum Gasteiger partial charge on any atom is -0.464 e. The van der Waals surface area contributed by atoms with E-state index < -0.39 is 0 Å². The van der Waals surface area contributed by atoms with Gasteiger partial charge in [-0.3, -0.25) is 14.4 Å². The van der Waals surface area contributed by atoms with Gasteiger partial charge in [-0.05, 0) is 63.4 Å². The number of nitrogens with one attached hydrogen (secondary N) is 2. The van der Waals surface area contributed by atoms with Crippen LogP contribution in [0.4, 0.5) is 5.00 Å². The minimum atomic E-state index is -0.339. The lowest BCUT2D eigenvalue weighted by Gasteiger charge is -2.18. The second kappa shape index (κ2) is 12.8. The van der Waals surface area contributed by atoms with Crippen LogP contribution in [0.25, 0.3) is 21.5 Å². The number of hydrogen-bond acceptors (Lipinski definition) is 5. The van der Waals surface area contributed by atoms with E-state index in [1.165, 1.54) is 11.3 Å². The molecule has 6 rings (SSSR count). The zero-order chi connectivity index (χ0) is 29.8. The molecule has 2 N–H and O–H groups in total. The van der Waals surface area contributed by atoms with Crippen LogP contribution in [0.2, 0.25) is 0 Å². The number of rotatable bonds is 9. The van der Waals surface area contributed by atoms with E-state index in [9.17, 15) is 14.4 Å². The van der Waals surface area contributed by atoms with Crippen LogP contribution in [0.3, 0.4) is 0 Å². The van der Waals surface area contributed by atoms with Crippen molar-refractivity contribution in [3.05, 3.63) is 112 Å². The normalized spacial score (nSPS) is 14.3. The predicted octanol–water partition coefficient (Wildman–Crippen LogP) is 6.88. The second-order valence-corrected chi connectivity index (χ2v) is 12.3. The van der Waals surface area contributed by atoms with Crippen molar-refractivity contribution in [2.24, 2.45) is 5.92 Å². The summed E-state index contributed by atoms with van der Waals surface area (Å²) in [5.74, 6) is -0.214. The van der Waals surface area contributed by atoms with Gasteiger partial charge in [-0.15, -0.1) is 11.3 Å². The molecule has 4 aromatic carbocycles. The summed E-state index contributed by atoms with van der Waals surface area (Å²) in [6, 6.07) is 27.8. The smallest absolute Gasteiger partial charge is 0.310 e. The number of amides is 2. The fourth-order valence-corrected chi connectivity index (χ4v) is 7.36. The van der Waals surface area contributed by atoms with Crippen LogP contribution in [0, 0.1) is 5.92 Å². The molecule has 1 atom stereocenters. The van der Waals surface area contributed by atoms with Crippen LogP contribution >= 0.6 is 11.3 Å². The van der Waals surface area contributed by atoms with E-state index in [2.05, 4.69) is 17.6 Å². The summed E-state index contributed by atoms with van der Waals surface area (Å²) in [5.41, 5.74) is 3.42. The molecule has 6 nitrogen and oxygen atoms in total. The fraction of sp³-hybridized carbons (Fsp3) is 0.250. The third-order valence-electron chi connectivity index (χ3n) is 8.09. The summed E-state index contributed by atoms with van der Waals surface area (Å²) in [6.45, 7) is 2.47. The average Bonchev–Trinajstić information content (AvgIpc) is 3.36. The third kappa shape index (κ3) is 6.47. The summed E-state index contributed by atoms with van der Waals surface area (Å²) >= 11 is 1.50. The molecule has 218 valence electrons. The first-order valence-corrected chi connectivity index (χ1v) is 15.6. The number of fused-ring (bicyclic) bond motifs is 3. The lowest BCUT2D eigenvalue weighted by atomic mass is 9.88. The topological polar surface area (TPSA) is 84.5 Å². The largest absolute Gasteiger partial charge is 0.464 e. The Balaban J connectivity index is 1.10. The molecule has 1 aliphatic rings. The van der Waals surface area contributed by atoms with Gasteiger partial charge < -0.3 is 15.4 Å². The summed E-state index contributed by atoms with van der Waals surface area (Å²) in [6.07, 6.45) is 3.08. The Morgan fingerprint density at radius 2 is 1.47 bits per heavy atom. The van der Waals surface area contributed by atoms with E-state index in [1.54, 1.807) is 0 Å². The quantitative estimate of drug-likeness (QED) is 0.145. The van der Waals surface area contributed by atoms with Crippen LogP contribution in [0.1, 0.15) is 45.3 Å². The van der Waals surface area contributed by atoms with E-state index in [-0.39, 0.29) is 43.8 Å². The van der Waals surface area contributed by atoms with Gasteiger partial charge in [0.15, 0.2) is 0 Å². The van der Waals surface area contributed by atoms with E-state index in [1.807, 2.05) is 84.9 Å². The molecule has 0 bridgehead atoms. The average molecular weight is 591 g/mol. The Kier molecular flexibility index (Phi) is 8.52. The van der Waals surface area contributed by atoms with Gasteiger partial charge in [0.1, 0.15) is 11.6 Å². The monoisotopic (exact) mass is 590 g/mol. The van der Waals surface area contributed by atoms with Gasteiger partial charge in [-0.25, -0.2) is 0 Å². The van der Waals surface area contributed by atoms with Crippen molar-refractivity contribution in [1.82, 2.24) is 5.32 Å². The molecular formula is C36H34N2O4S. The van der Waals surface area contributed by atoms with Gasteiger partial charge in [0, 0.05) is 4.88 Å². The number of ether oxygens (including phenoxy) is 1. The summed E-state index contributed by atoms with van der Waals surface area (Å²) < 4.78 is 5.46. The molecule has 0 aliphatic heterocycles. The Morgan fingerprint density at radius 1 is 0.837 bits per heavy atom. The van der Waals surface area contributed by atoms with Crippen molar-refractivity contribution in [1.29, 1.82) is 0 Å². The van der Waals surface area contributed by atoms with E-state index in [0.29, 0.717) is 16.5 Å². The number of hydrogen-bond donors (Lipinski definition) is 2. The molecular weight excluding hydrogens is 556 g/mol. The molecule has 0 saturated carbocycles. The molecule has 2 amide bonds. The van der Waals surface area contributed by atoms with Crippen molar-refractivity contribution in [3.63, 3.8) is 0 Å². The van der Waals surface area contributed by atoms with Gasteiger partial charge in [-0.1, -0.05) is 91.9 Å². The first kappa shape index (κ1) is 28.6. The number of anilines is 1. The van der Waals surface area contributed by atoms with Gasteiger partial charge >= 0.3 is 5.97 Å². The molecule has 0 spiro atoms. The van der Waals surface area contributed by atoms with Gasteiger partial charge in [0.05, 0.1) is 24.9 Å². The molecule has 5 aromatic rings. The highest BCUT2D eigenvalue weighted by molar-refractivity contribution is 7.17. The molecule has 0 saturated heterocycles. The molecule has 0 fully saturated rings. The maximum absolute atomic E-state index is 13.5. The minimum absolute atomic E-state index is 0.0709. The zero-order valence-corrected chi connectivity index (χ0v) is 25.0. The van der Waals surface area contributed by atoms with Gasteiger partial charge in [0.25, 0.3) is 5.91 Å². The second-order valence-electron chi connectivity index (χ2n) is 11.2. The molecule has 0 radical (unpaired) electrons. The first-order valence-electron chi connectivity index (χ1n) is 14.8. The van der Waals surface area contributed by atoms with Crippen molar-refractivity contribution in [2.45, 2.75) is 39.0 Å². The van der Waals surface area contributed by atoms with Gasteiger partial charge in [0.2, 0.25) is 5.91 Å². The van der Waals surface area contributed by atoms with E-state index in [4.69, 9.17) is 4.74 Å². The Labute approximate surface area is 255 Å². The maximum Gasteiger partial charge on any atom is 0.310 e. The van der Waals surface area contributed by atoms with Crippen LogP contribution in [0.5, 0.6) is 0 Å². The van der Waals surface area contributed by atoms with Crippen molar-refractivity contribution in [2.75, 3.05) is 18.5 Å². The molecule has 1 heterocycles. The number of thiophene rings is 1. The van der Waals surface area contributed by atoms with Crippen LogP contribution < -0.4 is 10.6 Å². The third-order valence-corrected chi connectivity index (χ3v) is 9.26. The number of benzene rings is 4. The standard InChI is InChI=1S/C36H34N2O4S/c1-23-16-17-30-31(20-23)43-36(38-32(39)21-26-12-6-10-24-8-2-4-14-28(24)26)34(30)35(41)37-18-19-42-33(40)22-27-13-7-11-25-9-3-5-15-29(25)27/h2-15,23H,16-22H2,1H3,(H,37,41)(H,38,39). The number of carbonyl (C=O) groups excluding carboxylic acids is 3. The first-order chi connectivity index (χ1) is 21.0. The Bertz CT molecular complexity index is 1810. The van der Waals surface area contributed by atoms with Gasteiger partial charge in [-0.2, -0.15) is 0 Å². The number of carbonyl (C=O) groups is 3. The summed E-state index contributed by atoms with van der Waals surface area (Å²) in [4.78, 5) is 40.5. The SMILES string of the molecule is CC1CCc2c(sc(NC(=O)Cc3cccc4ccccc34)c2C(=O)NCCOC(=O)Cc2cccc3ccccc23)C1. The van der Waals surface area contributed by atoms with Crippen molar-refractivity contribution < 1.29 is 19.1 Å². The summed E-state index contributed by atoms with van der Waals surface area (Å²) in [7, 11) is 0. The Morgan fingerprint density at radius 3 is 2.16 bits per heavy atom. The number of esters is 1.